The Balaban J connectivity index is 1.95. The van der Waals surface area contributed by atoms with Crippen LogP contribution in [0.25, 0.3) is 0 Å². The van der Waals surface area contributed by atoms with Gasteiger partial charge in [-0.1, -0.05) is 32.1 Å². The highest BCUT2D eigenvalue weighted by Crippen LogP contribution is 2.55. The summed E-state index contributed by atoms with van der Waals surface area (Å²) >= 11 is 0. The molecule has 4 atom stereocenters. The largest absolute Gasteiger partial charge is 0.458 e. The number of rotatable bonds is 0. The first-order valence-corrected chi connectivity index (χ1v) is 6.61. The monoisotopic (exact) mass is 232 g/mol. The lowest BCUT2D eigenvalue weighted by atomic mass is 9.58. The summed E-state index contributed by atoms with van der Waals surface area (Å²) in [5, 5.41) is 0. The smallest absolute Gasteiger partial charge is 0.334 e. The van der Waals surface area contributed by atoms with Gasteiger partial charge in [-0.15, -0.1) is 0 Å². The van der Waals surface area contributed by atoms with Crippen molar-refractivity contribution >= 4 is 5.97 Å². The third kappa shape index (κ3) is 1.42. The van der Waals surface area contributed by atoms with E-state index in [-0.39, 0.29) is 23.4 Å². The van der Waals surface area contributed by atoms with Gasteiger partial charge in [-0.2, -0.15) is 0 Å². The van der Waals surface area contributed by atoms with Crippen molar-refractivity contribution in [2.45, 2.75) is 45.6 Å². The van der Waals surface area contributed by atoms with Crippen LogP contribution < -0.4 is 0 Å². The minimum atomic E-state index is -0.171. The number of ether oxygens (including phenoxy) is 1. The summed E-state index contributed by atoms with van der Waals surface area (Å²) in [5.41, 5.74) is 2.47. The molecular formula is C15H20O2. The molecule has 2 heteroatoms. The zero-order valence-electron chi connectivity index (χ0n) is 10.7. The Hall–Kier alpha value is -1.05. The average Bonchev–Trinajstić information content (AvgIpc) is 2.54. The number of esters is 1. The Morgan fingerprint density at radius 2 is 2.29 bits per heavy atom. The molecule has 4 unspecified atom stereocenters. The van der Waals surface area contributed by atoms with Crippen LogP contribution in [0.4, 0.5) is 0 Å². The fourth-order valence-electron chi connectivity index (χ4n) is 3.79. The van der Waals surface area contributed by atoms with Gasteiger partial charge in [0, 0.05) is 11.5 Å². The molecule has 0 amide bonds. The molecule has 2 nitrogen and oxygen atoms in total. The first-order valence-electron chi connectivity index (χ1n) is 6.61. The van der Waals surface area contributed by atoms with Crippen LogP contribution in [0.2, 0.25) is 0 Å². The quantitative estimate of drug-likeness (QED) is 0.364. The minimum absolute atomic E-state index is 0.0812. The van der Waals surface area contributed by atoms with Crippen molar-refractivity contribution in [1.29, 1.82) is 0 Å². The molecule has 0 bridgehead atoms. The molecule has 17 heavy (non-hydrogen) atoms. The highest BCUT2D eigenvalue weighted by molar-refractivity contribution is 5.91. The SMILES string of the molecule is C=C1C(=O)OC2CC3(C)C(=CCCC3C)CC12. The van der Waals surface area contributed by atoms with Crippen LogP contribution in [0, 0.1) is 17.3 Å². The van der Waals surface area contributed by atoms with Crippen LogP contribution in [0.1, 0.15) is 39.5 Å². The van der Waals surface area contributed by atoms with E-state index < -0.39 is 0 Å². The van der Waals surface area contributed by atoms with Gasteiger partial charge in [-0.3, -0.25) is 0 Å². The summed E-state index contributed by atoms with van der Waals surface area (Å²) in [6.45, 7) is 8.57. The summed E-state index contributed by atoms with van der Waals surface area (Å²) in [6.07, 6.45) is 6.88. The second-order valence-electron chi connectivity index (χ2n) is 6.11. The Labute approximate surface area is 103 Å². The molecule has 2 fully saturated rings. The first kappa shape index (κ1) is 11.1. The molecule has 1 aliphatic heterocycles. The van der Waals surface area contributed by atoms with Crippen molar-refractivity contribution in [2.75, 3.05) is 0 Å². The zero-order chi connectivity index (χ0) is 12.2. The Morgan fingerprint density at radius 3 is 3.06 bits per heavy atom. The fraction of sp³-hybridized carbons (Fsp3) is 0.667. The van der Waals surface area contributed by atoms with Crippen LogP contribution in [0.5, 0.6) is 0 Å². The number of hydrogen-bond acceptors (Lipinski definition) is 2. The van der Waals surface area contributed by atoms with Crippen molar-refractivity contribution in [3.05, 3.63) is 23.8 Å². The van der Waals surface area contributed by atoms with E-state index in [1.807, 2.05) is 0 Å². The maximum Gasteiger partial charge on any atom is 0.334 e. The normalized spacial score (nSPS) is 44.8. The summed E-state index contributed by atoms with van der Waals surface area (Å²) in [5.74, 6) is 0.763. The van der Waals surface area contributed by atoms with Gasteiger partial charge in [-0.25, -0.2) is 4.79 Å². The lowest BCUT2D eigenvalue weighted by molar-refractivity contribution is -0.141. The second kappa shape index (κ2) is 3.47. The first-order chi connectivity index (χ1) is 8.02. The lowest BCUT2D eigenvalue weighted by Crippen LogP contribution is -2.41. The number of allylic oxidation sites excluding steroid dienone is 2. The van der Waals surface area contributed by atoms with E-state index in [4.69, 9.17) is 4.74 Å². The summed E-state index contributed by atoms with van der Waals surface area (Å²) in [7, 11) is 0. The van der Waals surface area contributed by atoms with Crippen LogP contribution in [-0.2, 0) is 9.53 Å². The fourth-order valence-corrected chi connectivity index (χ4v) is 3.79. The predicted molar refractivity (Wildman–Crippen MR) is 66.3 cm³/mol. The molecule has 0 radical (unpaired) electrons. The predicted octanol–water partition coefficient (Wildman–Crippen LogP) is 3.24. The standard InChI is InChI=1S/C15H20O2/c1-9-5-4-6-11-7-12-10(2)14(16)17-13(12)8-15(9,11)3/h6,9,12-13H,2,4-5,7-8H2,1,3H3. The summed E-state index contributed by atoms with van der Waals surface area (Å²) in [6, 6.07) is 0. The molecule has 92 valence electrons. The lowest BCUT2D eigenvalue weighted by Gasteiger charge is -2.47. The maximum atomic E-state index is 11.6. The number of fused-ring (bicyclic) bond motifs is 2. The zero-order valence-corrected chi connectivity index (χ0v) is 10.7. The van der Waals surface area contributed by atoms with Gasteiger partial charge in [0.1, 0.15) is 6.10 Å². The molecule has 0 aromatic heterocycles. The third-order valence-electron chi connectivity index (χ3n) is 5.29. The molecule has 0 N–H and O–H groups in total. The Morgan fingerprint density at radius 1 is 1.53 bits per heavy atom. The van der Waals surface area contributed by atoms with Crippen molar-refractivity contribution in [3.63, 3.8) is 0 Å². The molecular weight excluding hydrogens is 212 g/mol. The number of carbonyl (C=O) groups is 1. The van der Waals surface area contributed by atoms with Crippen molar-refractivity contribution in [1.82, 2.24) is 0 Å². The molecule has 0 spiro atoms. The van der Waals surface area contributed by atoms with E-state index in [0.29, 0.717) is 11.5 Å². The summed E-state index contributed by atoms with van der Waals surface area (Å²) < 4.78 is 5.47. The van der Waals surface area contributed by atoms with Gasteiger partial charge < -0.3 is 4.74 Å². The molecule has 0 aromatic carbocycles. The van der Waals surface area contributed by atoms with Crippen molar-refractivity contribution in [2.24, 2.45) is 17.3 Å². The average molecular weight is 232 g/mol. The van der Waals surface area contributed by atoms with Crippen molar-refractivity contribution < 1.29 is 9.53 Å². The number of carbonyl (C=O) groups excluding carboxylic acids is 1. The third-order valence-corrected chi connectivity index (χ3v) is 5.29. The maximum absolute atomic E-state index is 11.6. The van der Waals surface area contributed by atoms with E-state index in [2.05, 4.69) is 26.5 Å². The van der Waals surface area contributed by atoms with Gasteiger partial charge in [0.15, 0.2) is 0 Å². The number of hydrogen-bond donors (Lipinski definition) is 0. The van der Waals surface area contributed by atoms with Gasteiger partial charge in [0.25, 0.3) is 0 Å². The molecule has 1 saturated carbocycles. The topological polar surface area (TPSA) is 26.3 Å². The van der Waals surface area contributed by atoms with Gasteiger partial charge in [0.05, 0.1) is 0 Å². The van der Waals surface area contributed by atoms with E-state index in [1.54, 1.807) is 0 Å². The van der Waals surface area contributed by atoms with Gasteiger partial charge >= 0.3 is 5.97 Å². The van der Waals surface area contributed by atoms with Gasteiger partial charge in [-0.05, 0) is 37.0 Å². The van der Waals surface area contributed by atoms with E-state index in [1.165, 1.54) is 18.4 Å². The van der Waals surface area contributed by atoms with Crippen LogP contribution in [-0.4, -0.2) is 12.1 Å². The second-order valence-corrected chi connectivity index (χ2v) is 6.11. The van der Waals surface area contributed by atoms with E-state index in [0.717, 1.165) is 12.8 Å². The van der Waals surface area contributed by atoms with Crippen molar-refractivity contribution in [3.8, 4) is 0 Å². The highest BCUT2D eigenvalue weighted by Gasteiger charge is 2.51. The van der Waals surface area contributed by atoms with E-state index >= 15 is 0 Å². The highest BCUT2D eigenvalue weighted by atomic mass is 16.6. The Kier molecular flexibility index (Phi) is 2.26. The molecule has 3 rings (SSSR count). The van der Waals surface area contributed by atoms with Gasteiger partial charge in [0.2, 0.25) is 0 Å². The molecule has 3 aliphatic rings. The molecule has 2 aliphatic carbocycles. The van der Waals surface area contributed by atoms with Crippen LogP contribution in [0.3, 0.4) is 0 Å². The van der Waals surface area contributed by atoms with Crippen LogP contribution >= 0.6 is 0 Å². The van der Waals surface area contributed by atoms with Crippen LogP contribution in [0.15, 0.2) is 23.8 Å². The van der Waals surface area contributed by atoms with E-state index in [9.17, 15) is 4.79 Å². The molecule has 0 aromatic rings. The minimum Gasteiger partial charge on any atom is -0.458 e. The molecule has 1 heterocycles. The summed E-state index contributed by atoms with van der Waals surface area (Å²) in [4.78, 5) is 11.6. The Bertz CT molecular complexity index is 421. The molecule has 1 saturated heterocycles.